The molecule has 1 fully saturated rings. The largest absolute Gasteiger partial charge is 0.376 e. The molecule has 5 rings (SSSR count). The van der Waals surface area contributed by atoms with Crippen molar-refractivity contribution in [1.82, 2.24) is 19.1 Å². The van der Waals surface area contributed by atoms with E-state index in [2.05, 4.69) is 24.0 Å². The van der Waals surface area contributed by atoms with Crippen molar-refractivity contribution in [3.63, 3.8) is 0 Å². The van der Waals surface area contributed by atoms with Crippen LogP contribution < -0.4 is 11.2 Å². The number of benzene rings is 2. The molecule has 2 aromatic carbocycles. The van der Waals surface area contributed by atoms with Gasteiger partial charge in [-0.3, -0.25) is 14.3 Å². The summed E-state index contributed by atoms with van der Waals surface area (Å²) >= 11 is 0. The van der Waals surface area contributed by atoms with Gasteiger partial charge in [0.2, 0.25) is 0 Å². The summed E-state index contributed by atoms with van der Waals surface area (Å²) < 4.78 is 9.33. The molecule has 0 spiro atoms. The summed E-state index contributed by atoms with van der Waals surface area (Å²) in [6.07, 6.45) is 2.92. The molecule has 2 aromatic heterocycles. The molecule has 0 saturated carbocycles. The van der Waals surface area contributed by atoms with Crippen molar-refractivity contribution in [2.45, 2.75) is 45.4 Å². The van der Waals surface area contributed by atoms with E-state index in [4.69, 9.17) is 9.72 Å². The Balaban J connectivity index is 1.71. The summed E-state index contributed by atoms with van der Waals surface area (Å²) in [5.74, 6) is 0.677. The lowest BCUT2D eigenvalue weighted by Gasteiger charge is -2.14. The van der Waals surface area contributed by atoms with Gasteiger partial charge in [-0.2, -0.15) is 0 Å². The van der Waals surface area contributed by atoms with Crippen molar-refractivity contribution in [1.29, 1.82) is 0 Å². The molecular weight excluding hydrogens is 404 g/mol. The van der Waals surface area contributed by atoms with Crippen LogP contribution in [0.5, 0.6) is 0 Å². The van der Waals surface area contributed by atoms with Crippen LogP contribution in [0.4, 0.5) is 0 Å². The van der Waals surface area contributed by atoms with Gasteiger partial charge in [0.1, 0.15) is 5.82 Å². The lowest BCUT2D eigenvalue weighted by Crippen LogP contribution is -2.32. The molecule has 0 amide bonds. The molecule has 0 radical (unpaired) electrons. The fourth-order valence-corrected chi connectivity index (χ4v) is 4.36. The Morgan fingerprint density at radius 2 is 1.81 bits per heavy atom. The summed E-state index contributed by atoms with van der Waals surface area (Å²) in [7, 11) is 0. The van der Waals surface area contributed by atoms with Crippen LogP contribution in [0.2, 0.25) is 0 Å². The molecule has 7 heteroatoms. The first kappa shape index (κ1) is 20.5. The number of hydrogen-bond acceptors (Lipinski definition) is 4. The average Bonchev–Trinajstić information content (AvgIpc) is 3.46. The summed E-state index contributed by atoms with van der Waals surface area (Å²) in [6, 6.07) is 17.9. The van der Waals surface area contributed by atoms with Crippen LogP contribution in [0.25, 0.3) is 22.6 Å². The first-order valence-electron chi connectivity index (χ1n) is 11.1. The van der Waals surface area contributed by atoms with Gasteiger partial charge in [-0.25, -0.2) is 9.78 Å². The minimum atomic E-state index is -0.457. The number of imidazole rings is 1. The van der Waals surface area contributed by atoms with Crippen LogP contribution in [0.3, 0.4) is 0 Å². The van der Waals surface area contributed by atoms with E-state index in [9.17, 15) is 9.59 Å². The molecule has 32 heavy (non-hydrogen) atoms. The molecule has 1 saturated heterocycles. The lowest BCUT2D eigenvalue weighted by atomic mass is 10.1. The SMILES string of the molecule is CCc1ccc(-c2nc3c(c(=O)[nH]c(=O)n3Cc3ccccc3)n2C[C@@H]2CCCO2)cc1. The first-order chi connectivity index (χ1) is 15.6. The van der Waals surface area contributed by atoms with Gasteiger partial charge in [0.05, 0.1) is 19.2 Å². The van der Waals surface area contributed by atoms with Crippen molar-refractivity contribution < 1.29 is 4.74 Å². The van der Waals surface area contributed by atoms with Crippen LogP contribution in [0, 0.1) is 0 Å². The Morgan fingerprint density at radius 3 is 2.50 bits per heavy atom. The van der Waals surface area contributed by atoms with Gasteiger partial charge in [0, 0.05) is 12.2 Å². The van der Waals surface area contributed by atoms with Gasteiger partial charge in [0.15, 0.2) is 11.2 Å². The highest BCUT2D eigenvalue weighted by Gasteiger charge is 2.24. The highest BCUT2D eigenvalue weighted by Crippen LogP contribution is 2.26. The van der Waals surface area contributed by atoms with Crippen molar-refractivity contribution in [2.24, 2.45) is 0 Å². The maximum Gasteiger partial charge on any atom is 0.330 e. The molecule has 1 aliphatic rings. The van der Waals surface area contributed by atoms with E-state index in [1.165, 1.54) is 5.56 Å². The molecule has 4 aromatic rings. The maximum absolute atomic E-state index is 13.0. The van der Waals surface area contributed by atoms with E-state index in [0.717, 1.165) is 37.0 Å². The fraction of sp³-hybridized carbons (Fsp3) is 0.320. The number of hydrogen-bond donors (Lipinski definition) is 1. The van der Waals surface area contributed by atoms with Gasteiger partial charge in [-0.1, -0.05) is 61.5 Å². The Morgan fingerprint density at radius 1 is 1.03 bits per heavy atom. The van der Waals surface area contributed by atoms with Crippen molar-refractivity contribution in [2.75, 3.05) is 6.61 Å². The minimum absolute atomic E-state index is 0.0231. The van der Waals surface area contributed by atoms with E-state index in [1.807, 2.05) is 47.0 Å². The van der Waals surface area contributed by atoms with E-state index < -0.39 is 11.2 Å². The molecule has 0 unspecified atom stereocenters. The highest BCUT2D eigenvalue weighted by atomic mass is 16.5. The Hall–Kier alpha value is -3.45. The van der Waals surface area contributed by atoms with Gasteiger partial charge in [-0.05, 0) is 30.4 Å². The topological polar surface area (TPSA) is 81.9 Å². The lowest BCUT2D eigenvalue weighted by molar-refractivity contribution is 0.0982. The zero-order valence-electron chi connectivity index (χ0n) is 18.1. The predicted molar refractivity (Wildman–Crippen MR) is 124 cm³/mol. The zero-order chi connectivity index (χ0) is 22.1. The number of nitrogens with one attached hydrogen (secondary N) is 1. The second kappa shape index (κ2) is 8.59. The molecule has 3 heterocycles. The van der Waals surface area contributed by atoms with Gasteiger partial charge >= 0.3 is 5.69 Å². The normalized spacial score (nSPS) is 16.1. The van der Waals surface area contributed by atoms with Crippen molar-refractivity contribution in [3.05, 3.63) is 86.6 Å². The Bertz CT molecular complexity index is 1340. The maximum atomic E-state index is 13.0. The summed E-state index contributed by atoms with van der Waals surface area (Å²) in [4.78, 5) is 33.1. The van der Waals surface area contributed by atoms with Crippen molar-refractivity contribution in [3.8, 4) is 11.4 Å². The quantitative estimate of drug-likeness (QED) is 0.509. The number of rotatable bonds is 6. The van der Waals surface area contributed by atoms with Gasteiger partial charge < -0.3 is 9.30 Å². The molecule has 1 N–H and O–H groups in total. The summed E-state index contributed by atoms with van der Waals surface area (Å²) in [5.41, 5.74) is 3.03. The molecule has 0 aliphatic carbocycles. The van der Waals surface area contributed by atoms with Crippen LogP contribution >= 0.6 is 0 Å². The number of nitrogens with zero attached hydrogens (tertiary/aromatic N) is 3. The second-order valence-electron chi connectivity index (χ2n) is 8.23. The number of ether oxygens (including phenoxy) is 1. The molecule has 164 valence electrons. The molecule has 0 bridgehead atoms. The van der Waals surface area contributed by atoms with Gasteiger partial charge in [0.25, 0.3) is 5.56 Å². The summed E-state index contributed by atoms with van der Waals surface area (Å²) in [6.45, 7) is 3.70. The van der Waals surface area contributed by atoms with E-state index >= 15 is 0 Å². The minimum Gasteiger partial charge on any atom is -0.376 e. The van der Waals surface area contributed by atoms with E-state index in [0.29, 0.717) is 30.1 Å². The predicted octanol–water partition coefficient (Wildman–Crippen LogP) is 3.34. The van der Waals surface area contributed by atoms with E-state index in [-0.39, 0.29) is 6.10 Å². The highest BCUT2D eigenvalue weighted by molar-refractivity contribution is 5.77. The van der Waals surface area contributed by atoms with Crippen LogP contribution in [-0.2, 0) is 24.2 Å². The number of aryl methyl sites for hydroxylation is 1. The van der Waals surface area contributed by atoms with E-state index in [1.54, 1.807) is 4.57 Å². The Labute approximate surface area is 185 Å². The Kier molecular flexibility index (Phi) is 5.49. The third-order valence-electron chi connectivity index (χ3n) is 6.10. The third kappa shape index (κ3) is 3.80. The second-order valence-corrected chi connectivity index (χ2v) is 8.23. The molecule has 1 atom stereocenters. The van der Waals surface area contributed by atoms with Crippen LogP contribution in [-0.4, -0.2) is 31.8 Å². The smallest absolute Gasteiger partial charge is 0.330 e. The van der Waals surface area contributed by atoms with Crippen LogP contribution in [0.15, 0.2) is 64.2 Å². The van der Waals surface area contributed by atoms with Gasteiger partial charge in [-0.15, -0.1) is 0 Å². The number of aromatic amines is 1. The fourth-order valence-electron chi connectivity index (χ4n) is 4.36. The van der Waals surface area contributed by atoms with Crippen molar-refractivity contribution >= 4 is 11.2 Å². The molecule has 1 aliphatic heterocycles. The monoisotopic (exact) mass is 430 g/mol. The standard InChI is InChI=1S/C25H26N4O3/c1-2-17-10-12-19(13-11-17)22-26-23-21(28(22)16-20-9-6-14-32-20)24(30)27-25(31)29(23)15-18-7-4-3-5-8-18/h3-5,7-8,10-13,20H,2,6,9,14-16H2,1H3,(H,27,30,31)/t20-/m0/s1. The molecular formula is C25H26N4O3. The number of H-pyrrole nitrogens is 1. The number of aromatic nitrogens is 4. The zero-order valence-corrected chi connectivity index (χ0v) is 18.1. The number of fused-ring (bicyclic) bond motifs is 1. The van der Waals surface area contributed by atoms with Crippen LogP contribution in [0.1, 0.15) is 30.9 Å². The summed E-state index contributed by atoms with van der Waals surface area (Å²) in [5, 5.41) is 0. The molecule has 7 nitrogen and oxygen atoms in total. The first-order valence-corrected chi connectivity index (χ1v) is 11.1. The third-order valence-corrected chi connectivity index (χ3v) is 6.10. The average molecular weight is 431 g/mol.